The van der Waals surface area contributed by atoms with Crippen molar-refractivity contribution in [3.05, 3.63) is 176 Å². The van der Waals surface area contributed by atoms with Gasteiger partial charge in [-0.2, -0.15) is 9.97 Å². The first-order valence-electron chi connectivity index (χ1n) is 16.8. The first kappa shape index (κ1) is 28.2. The van der Waals surface area contributed by atoms with Crippen LogP contribution in [0.2, 0.25) is 0 Å². The van der Waals surface area contributed by atoms with Crippen molar-refractivity contribution in [2.75, 3.05) is 0 Å². The SMILES string of the molecule is c1ccc(-c2cccc(-c3nc(-c4ccccc4-n4c5ccccc5c5ccccc54)nc(-n4c5ccccc5c5ccccc54)n3)c2)cc1. The number of nitrogens with zero attached hydrogens (tertiary/aromatic N) is 5. The highest BCUT2D eigenvalue weighted by Crippen LogP contribution is 2.37. The number of para-hydroxylation sites is 5. The third-order valence-corrected chi connectivity index (χ3v) is 9.60. The van der Waals surface area contributed by atoms with Crippen molar-refractivity contribution in [2.45, 2.75) is 0 Å². The minimum absolute atomic E-state index is 0.574. The average Bonchev–Trinajstić information content (AvgIpc) is 3.71. The van der Waals surface area contributed by atoms with Crippen molar-refractivity contribution in [3.63, 3.8) is 0 Å². The van der Waals surface area contributed by atoms with Gasteiger partial charge in [0.2, 0.25) is 5.95 Å². The second-order valence-corrected chi connectivity index (χ2v) is 12.5. The van der Waals surface area contributed by atoms with Crippen LogP contribution in [-0.4, -0.2) is 24.1 Å². The van der Waals surface area contributed by atoms with Gasteiger partial charge in [0.05, 0.1) is 27.8 Å². The fourth-order valence-electron chi connectivity index (χ4n) is 7.36. The van der Waals surface area contributed by atoms with Crippen molar-refractivity contribution >= 4 is 43.6 Å². The van der Waals surface area contributed by atoms with Gasteiger partial charge in [0.25, 0.3) is 0 Å². The fourth-order valence-corrected chi connectivity index (χ4v) is 7.36. The van der Waals surface area contributed by atoms with Crippen molar-refractivity contribution < 1.29 is 0 Å². The first-order valence-corrected chi connectivity index (χ1v) is 16.8. The minimum Gasteiger partial charge on any atom is -0.309 e. The van der Waals surface area contributed by atoms with Crippen LogP contribution in [0.5, 0.6) is 0 Å². The summed E-state index contributed by atoms with van der Waals surface area (Å²) in [6.45, 7) is 0. The molecule has 0 aliphatic heterocycles. The molecule has 0 saturated heterocycles. The lowest BCUT2D eigenvalue weighted by Crippen LogP contribution is -2.07. The molecule has 5 heteroatoms. The Labute approximate surface area is 288 Å². The molecule has 10 aromatic rings. The van der Waals surface area contributed by atoms with Crippen LogP contribution in [0.25, 0.3) is 89.2 Å². The monoisotopic (exact) mass is 639 g/mol. The van der Waals surface area contributed by atoms with Gasteiger partial charge in [-0.15, -0.1) is 0 Å². The lowest BCUT2D eigenvalue weighted by molar-refractivity contribution is 0.952. The maximum atomic E-state index is 5.31. The van der Waals surface area contributed by atoms with E-state index in [-0.39, 0.29) is 0 Å². The van der Waals surface area contributed by atoms with Crippen LogP contribution in [0.15, 0.2) is 176 Å². The molecule has 0 aliphatic carbocycles. The molecule has 0 fully saturated rings. The number of rotatable bonds is 5. The maximum absolute atomic E-state index is 5.31. The van der Waals surface area contributed by atoms with Gasteiger partial charge in [-0.3, -0.25) is 4.57 Å². The molecule has 0 N–H and O–H groups in total. The Bertz CT molecular complexity index is 2770. The Balaban J connectivity index is 1.27. The molecule has 0 unspecified atom stereocenters. The third kappa shape index (κ3) is 4.45. The molecule has 10 rings (SSSR count). The zero-order valence-electron chi connectivity index (χ0n) is 27.0. The highest BCUT2D eigenvalue weighted by atomic mass is 15.2. The summed E-state index contributed by atoms with van der Waals surface area (Å²) in [6.07, 6.45) is 0. The summed E-state index contributed by atoms with van der Waals surface area (Å²) in [4.78, 5) is 15.8. The summed E-state index contributed by atoms with van der Waals surface area (Å²) in [5, 5.41) is 4.72. The standard InChI is InChI=1S/C45H29N5/c1-2-15-30(16-3-1)31-17-14-18-32(29-31)43-46-44(48-45(47-43)50-40-26-11-6-21-35(40)36-22-7-12-27-41(36)50)37-23-8-13-28-42(37)49-38-24-9-4-19-33(38)34-20-5-10-25-39(34)49/h1-29H. The van der Waals surface area contributed by atoms with Crippen LogP contribution in [0.4, 0.5) is 0 Å². The Morgan fingerprint density at radius 2 is 0.780 bits per heavy atom. The largest absolute Gasteiger partial charge is 0.309 e. The molecular weight excluding hydrogens is 611 g/mol. The third-order valence-electron chi connectivity index (χ3n) is 9.60. The molecule has 0 amide bonds. The van der Waals surface area contributed by atoms with Crippen molar-refractivity contribution in [1.82, 2.24) is 24.1 Å². The minimum atomic E-state index is 0.574. The molecule has 0 radical (unpaired) electrons. The van der Waals surface area contributed by atoms with Gasteiger partial charge in [0.1, 0.15) is 0 Å². The molecule has 3 aromatic heterocycles. The lowest BCUT2D eigenvalue weighted by Gasteiger charge is -2.15. The van der Waals surface area contributed by atoms with Crippen molar-refractivity contribution in [1.29, 1.82) is 0 Å². The van der Waals surface area contributed by atoms with Gasteiger partial charge < -0.3 is 4.57 Å². The molecule has 234 valence electrons. The predicted octanol–water partition coefficient (Wildman–Crippen LogP) is 11.1. The molecule has 0 spiro atoms. The maximum Gasteiger partial charge on any atom is 0.238 e. The lowest BCUT2D eigenvalue weighted by atomic mass is 10.0. The normalized spacial score (nSPS) is 11.6. The van der Waals surface area contributed by atoms with E-state index in [1.807, 2.05) is 6.07 Å². The molecule has 0 aliphatic rings. The van der Waals surface area contributed by atoms with E-state index >= 15 is 0 Å². The van der Waals surface area contributed by atoms with Crippen LogP contribution in [0.3, 0.4) is 0 Å². The molecule has 0 bridgehead atoms. The topological polar surface area (TPSA) is 48.5 Å². The number of fused-ring (bicyclic) bond motifs is 6. The quantitative estimate of drug-likeness (QED) is 0.188. The molecule has 3 heterocycles. The Hall–Kier alpha value is -6.85. The van der Waals surface area contributed by atoms with Crippen LogP contribution in [0.1, 0.15) is 0 Å². The van der Waals surface area contributed by atoms with Gasteiger partial charge >= 0.3 is 0 Å². The zero-order chi connectivity index (χ0) is 33.0. The van der Waals surface area contributed by atoms with Crippen LogP contribution in [-0.2, 0) is 0 Å². The van der Waals surface area contributed by atoms with E-state index in [0.717, 1.165) is 60.8 Å². The summed E-state index contributed by atoms with van der Waals surface area (Å²) in [5.74, 6) is 1.79. The molecule has 7 aromatic carbocycles. The zero-order valence-corrected chi connectivity index (χ0v) is 27.0. The van der Waals surface area contributed by atoms with E-state index < -0.39 is 0 Å². The smallest absolute Gasteiger partial charge is 0.238 e. The Morgan fingerprint density at radius 1 is 0.320 bits per heavy atom. The summed E-state index contributed by atoms with van der Waals surface area (Å²) in [6, 6.07) is 61.4. The first-order chi connectivity index (χ1) is 24.8. The number of hydrogen-bond donors (Lipinski definition) is 0. The van der Waals surface area contributed by atoms with Crippen LogP contribution < -0.4 is 0 Å². The van der Waals surface area contributed by atoms with E-state index in [2.05, 4.69) is 179 Å². The second-order valence-electron chi connectivity index (χ2n) is 12.5. The second kappa shape index (κ2) is 11.4. The number of benzene rings is 7. The molecule has 0 atom stereocenters. The summed E-state index contributed by atoms with van der Waals surface area (Å²) in [5.41, 5.74) is 9.46. The molecule has 5 nitrogen and oxygen atoms in total. The van der Waals surface area contributed by atoms with E-state index in [1.165, 1.54) is 10.8 Å². The van der Waals surface area contributed by atoms with Crippen molar-refractivity contribution in [2.24, 2.45) is 0 Å². The molecule has 0 saturated carbocycles. The predicted molar refractivity (Wildman–Crippen MR) is 205 cm³/mol. The van der Waals surface area contributed by atoms with Gasteiger partial charge in [-0.1, -0.05) is 133 Å². The van der Waals surface area contributed by atoms with Gasteiger partial charge in [-0.05, 0) is 53.6 Å². The van der Waals surface area contributed by atoms with Crippen molar-refractivity contribution in [3.8, 4) is 45.5 Å². The van der Waals surface area contributed by atoms with Crippen LogP contribution in [0, 0.1) is 0 Å². The summed E-state index contributed by atoms with van der Waals surface area (Å²) >= 11 is 0. The Morgan fingerprint density at radius 3 is 1.40 bits per heavy atom. The molecular formula is C45H29N5. The summed E-state index contributed by atoms with van der Waals surface area (Å²) < 4.78 is 4.50. The van der Waals surface area contributed by atoms with E-state index in [4.69, 9.17) is 15.0 Å². The van der Waals surface area contributed by atoms with E-state index in [1.54, 1.807) is 0 Å². The Kier molecular flexibility index (Phi) is 6.42. The fraction of sp³-hybridized carbons (Fsp3) is 0. The molecule has 50 heavy (non-hydrogen) atoms. The van der Waals surface area contributed by atoms with Gasteiger partial charge in [0.15, 0.2) is 11.6 Å². The highest BCUT2D eigenvalue weighted by molar-refractivity contribution is 6.10. The van der Waals surface area contributed by atoms with E-state index in [0.29, 0.717) is 17.6 Å². The summed E-state index contributed by atoms with van der Waals surface area (Å²) in [7, 11) is 0. The van der Waals surface area contributed by atoms with Gasteiger partial charge in [0, 0.05) is 32.7 Å². The highest BCUT2D eigenvalue weighted by Gasteiger charge is 2.21. The van der Waals surface area contributed by atoms with E-state index in [9.17, 15) is 0 Å². The number of hydrogen-bond acceptors (Lipinski definition) is 3. The van der Waals surface area contributed by atoms with Crippen LogP contribution >= 0.6 is 0 Å². The van der Waals surface area contributed by atoms with Gasteiger partial charge in [-0.25, -0.2) is 4.98 Å². The average molecular weight is 640 g/mol. The number of aromatic nitrogens is 5.